The maximum atomic E-state index is 10.7. The van der Waals surface area contributed by atoms with Crippen molar-refractivity contribution >= 4 is 27.7 Å². The summed E-state index contributed by atoms with van der Waals surface area (Å²) < 4.78 is 33.7. The number of anilines is 1. The number of non-ortho nitro benzene ring substituents is 1. The standard InChI is InChI=1S/C16H18N4O5S/c1-18(15-5-7-16(8-6-15)20(21)22)17-12-14-4-2-9-19(13-14)10-3-11-26(23,24)25/h2,4-9,12-13H,3,10-11H2,1H3/b17-12+. The summed E-state index contributed by atoms with van der Waals surface area (Å²) in [5, 5.41) is 16.5. The fourth-order valence-electron chi connectivity index (χ4n) is 2.19. The second kappa shape index (κ2) is 8.50. The van der Waals surface area contributed by atoms with Crippen LogP contribution in [-0.4, -0.2) is 36.9 Å². The van der Waals surface area contributed by atoms with Crippen LogP contribution in [0.25, 0.3) is 0 Å². The molecule has 2 aromatic rings. The van der Waals surface area contributed by atoms with Gasteiger partial charge in [0.25, 0.3) is 5.69 Å². The van der Waals surface area contributed by atoms with E-state index in [9.17, 15) is 23.1 Å². The third-order valence-electron chi connectivity index (χ3n) is 3.51. The fourth-order valence-corrected chi connectivity index (χ4v) is 2.67. The third kappa shape index (κ3) is 6.22. The van der Waals surface area contributed by atoms with Crippen LogP contribution in [0.15, 0.2) is 53.9 Å². The molecule has 0 aliphatic heterocycles. The molecule has 1 aromatic carbocycles. The molecule has 0 N–H and O–H groups in total. The molecule has 0 saturated carbocycles. The molecule has 1 aromatic heterocycles. The lowest BCUT2D eigenvalue weighted by Crippen LogP contribution is -2.34. The van der Waals surface area contributed by atoms with Crippen LogP contribution in [0.5, 0.6) is 0 Å². The van der Waals surface area contributed by atoms with Gasteiger partial charge in [0.1, 0.15) is 6.54 Å². The Morgan fingerprint density at radius 3 is 2.58 bits per heavy atom. The number of hydrogen-bond acceptors (Lipinski definition) is 7. The van der Waals surface area contributed by atoms with Gasteiger partial charge in [-0.25, -0.2) is 13.0 Å². The molecule has 0 fully saturated rings. The number of hydrazone groups is 1. The van der Waals surface area contributed by atoms with Gasteiger partial charge in [0, 0.05) is 37.4 Å². The van der Waals surface area contributed by atoms with E-state index in [4.69, 9.17) is 0 Å². The zero-order valence-corrected chi connectivity index (χ0v) is 14.9. The first-order chi connectivity index (χ1) is 12.2. The molecular weight excluding hydrogens is 360 g/mol. The molecule has 0 amide bonds. The molecule has 0 bridgehead atoms. The number of pyridine rings is 1. The molecule has 0 unspecified atom stereocenters. The van der Waals surface area contributed by atoms with Crippen molar-refractivity contribution < 1.29 is 22.5 Å². The van der Waals surface area contributed by atoms with Crippen molar-refractivity contribution in [2.75, 3.05) is 17.8 Å². The summed E-state index contributed by atoms with van der Waals surface area (Å²) in [5.74, 6) is -0.402. The minimum atomic E-state index is -4.20. The van der Waals surface area contributed by atoms with Crippen molar-refractivity contribution in [3.63, 3.8) is 0 Å². The van der Waals surface area contributed by atoms with Crippen molar-refractivity contribution in [2.45, 2.75) is 13.0 Å². The van der Waals surface area contributed by atoms with E-state index in [1.165, 1.54) is 12.1 Å². The number of rotatable bonds is 8. The predicted molar refractivity (Wildman–Crippen MR) is 94.9 cm³/mol. The van der Waals surface area contributed by atoms with Crippen molar-refractivity contribution in [1.29, 1.82) is 0 Å². The summed E-state index contributed by atoms with van der Waals surface area (Å²) >= 11 is 0. The first-order valence-electron chi connectivity index (χ1n) is 7.69. The summed E-state index contributed by atoms with van der Waals surface area (Å²) in [6.07, 6.45) is 5.40. The summed E-state index contributed by atoms with van der Waals surface area (Å²) in [5.41, 5.74) is 1.48. The van der Waals surface area contributed by atoms with Crippen molar-refractivity contribution in [2.24, 2.45) is 5.10 Å². The van der Waals surface area contributed by atoms with E-state index in [2.05, 4.69) is 5.10 Å². The fraction of sp³-hybridized carbons (Fsp3) is 0.250. The molecule has 0 aliphatic carbocycles. The number of nitrogens with zero attached hydrogens (tertiary/aromatic N) is 4. The quantitative estimate of drug-likeness (QED) is 0.224. The Morgan fingerprint density at radius 1 is 1.27 bits per heavy atom. The Labute approximate surface area is 151 Å². The van der Waals surface area contributed by atoms with E-state index in [1.54, 1.807) is 53.4 Å². The van der Waals surface area contributed by atoms with E-state index in [-0.39, 0.29) is 12.1 Å². The summed E-state index contributed by atoms with van der Waals surface area (Å²) in [6.45, 7) is 0.404. The van der Waals surface area contributed by atoms with Crippen LogP contribution in [0.2, 0.25) is 0 Å². The summed E-state index contributed by atoms with van der Waals surface area (Å²) in [4.78, 5) is 10.2. The largest absolute Gasteiger partial charge is 0.748 e. The zero-order valence-electron chi connectivity index (χ0n) is 14.1. The Kier molecular flexibility index (Phi) is 6.36. The van der Waals surface area contributed by atoms with Crippen LogP contribution < -0.4 is 9.58 Å². The van der Waals surface area contributed by atoms with Gasteiger partial charge < -0.3 is 4.55 Å². The van der Waals surface area contributed by atoms with E-state index in [0.29, 0.717) is 12.2 Å². The molecule has 26 heavy (non-hydrogen) atoms. The smallest absolute Gasteiger partial charge is 0.269 e. The first kappa shape index (κ1) is 19.5. The predicted octanol–water partition coefficient (Wildman–Crippen LogP) is 1.29. The van der Waals surface area contributed by atoms with Crippen LogP contribution in [0.3, 0.4) is 0 Å². The van der Waals surface area contributed by atoms with Crippen molar-refractivity contribution in [1.82, 2.24) is 0 Å². The van der Waals surface area contributed by atoms with Gasteiger partial charge in [0.2, 0.25) is 0 Å². The molecule has 0 radical (unpaired) electrons. The van der Waals surface area contributed by atoms with Crippen molar-refractivity contribution in [3.05, 3.63) is 64.5 Å². The number of hydrogen-bond donors (Lipinski definition) is 0. The molecule has 9 nitrogen and oxygen atoms in total. The second-order valence-electron chi connectivity index (χ2n) is 5.53. The minimum absolute atomic E-state index is 0.00956. The number of benzene rings is 1. The van der Waals surface area contributed by atoms with Crippen LogP contribution in [0.4, 0.5) is 11.4 Å². The molecule has 10 heteroatoms. The number of nitro benzene ring substituents is 1. The van der Waals surface area contributed by atoms with Crippen LogP contribution in [-0.2, 0) is 16.7 Å². The molecule has 0 aliphatic rings. The van der Waals surface area contributed by atoms with Gasteiger partial charge in [0.15, 0.2) is 12.4 Å². The number of nitro groups is 1. The van der Waals surface area contributed by atoms with Gasteiger partial charge in [-0.3, -0.25) is 15.1 Å². The van der Waals surface area contributed by atoms with E-state index in [1.807, 2.05) is 6.07 Å². The zero-order chi connectivity index (χ0) is 19.2. The summed E-state index contributed by atoms with van der Waals surface area (Å²) in [7, 11) is -2.49. The minimum Gasteiger partial charge on any atom is -0.748 e. The van der Waals surface area contributed by atoms with Gasteiger partial charge >= 0.3 is 0 Å². The second-order valence-corrected chi connectivity index (χ2v) is 7.06. The monoisotopic (exact) mass is 378 g/mol. The maximum absolute atomic E-state index is 10.7. The van der Waals surface area contributed by atoms with Crippen molar-refractivity contribution in [3.8, 4) is 0 Å². The summed E-state index contributed by atoms with van der Waals surface area (Å²) in [6, 6.07) is 9.63. The Bertz CT molecular complexity index is 897. The van der Waals surface area contributed by atoms with E-state index < -0.39 is 20.8 Å². The molecule has 0 atom stereocenters. The average Bonchev–Trinajstić information content (AvgIpc) is 2.59. The van der Waals surface area contributed by atoms with Crippen LogP contribution >= 0.6 is 0 Å². The van der Waals surface area contributed by atoms with Crippen LogP contribution in [0, 0.1) is 10.1 Å². The lowest BCUT2D eigenvalue weighted by atomic mass is 10.3. The molecule has 138 valence electrons. The Morgan fingerprint density at radius 2 is 1.96 bits per heavy atom. The Hall–Kier alpha value is -2.85. The molecular formula is C16H18N4O5S. The normalized spacial score (nSPS) is 11.6. The molecule has 2 rings (SSSR count). The number of aryl methyl sites for hydroxylation is 1. The number of aromatic nitrogens is 1. The Balaban J connectivity index is 2.00. The van der Waals surface area contributed by atoms with Gasteiger partial charge in [-0.05, 0) is 18.2 Å². The van der Waals surface area contributed by atoms with Gasteiger partial charge in [-0.1, -0.05) is 0 Å². The maximum Gasteiger partial charge on any atom is 0.269 e. The highest BCUT2D eigenvalue weighted by Gasteiger charge is 2.06. The van der Waals surface area contributed by atoms with Crippen LogP contribution in [0.1, 0.15) is 12.0 Å². The van der Waals surface area contributed by atoms with E-state index >= 15 is 0 Å². The van der Waals surface area contributed by atoms with Gasteiger partial charge in [-0.2, -0.15) is 5.10 Å². The third-order valence-corrected chi connectivity index (χ3v) is 4.29. The molecule has 0 saturated heterocycles. The lowest BCUT2D eigenvalue weighted by molar-refractivity contribution is -0.696. The SMILES string of the molecule is CN(/N=C/c1ccc[n+](CCCS(=O)(=O)[O-])c1)c1ccc([N+](=O)[O-])cc1. The van der Waals surface area contributed by atoms with Gasteiger partial charge in [-0.15, -0.1) is 0 Å². The topological polar surface area (TPSA) is 120 Å². The lowest BCUT2D eigenvalue weighted by Gasteiger charge is -2.12. The highest BCUT2D eigenvalue weighted by atomic mass is 32.2. The highest BCUT2D eigenvalue weighted by molar-refractivity contribution is 7.85. The van der Waals surface area contributed by atoms with Gasteiger partial charge in [0.05, 0.1) is 32.5 Å². The first-order valence-corrected chi connectivity index (χ1v) is 9.27. The average molecular weight is 378 g/mol. The molecule has 1 heterocycles. The highest BCUT2D eigenvalue weighted by Crippen LogP contribution is 2.18. The molecule has 0 spiro atoms. The van der Waals surface area contributed by atoms with E-state index in [0.717, 1.165) is 5.56 Å².